The van der Waals surface area contributed by atoms with E-state index in [2.05, 4.69) is 39.7 Å². The van der Waals surface area contributed by atoms with Crippen LogP contribution in [-0.4, -0.2) is 30.2 Å². The second-order valence-electron chi connectivity index (χ2n) is 4.74. The molecule has 0 fully saturated rings. The summed E-state index contributed by atoms with van der Waals surface area (Å²) in [5.41, 5.74) is 1.26. The highest BCUT2D eigenvalue weighted by molar-refractivity contribution is 5.41. The molecule has 5 heteroatoms. The molecule has 5 nitrogen and oxygen atoms in total. The summed E-state index contributed by atoms with van der Waals surface area (Å²) in [4.78, 5) is 8.65. The molecule has 0 aliphatic carbocycles. The molecule has 0 amide bonds. The highest BCUT2D eigenvalue weighted by atomic mass is 16.5. The van der Waals surface area contributed by atoms with Gasteiger partial charge in [-0.3, -0.25) is 4.98 Å². The number of aromatic nitrogens is 2. The summed E-state index contributed by atoms with van der Waals surface area (Å²) in [6.45, 7) is 3.85. The number of hydrogen-bond donors (Lipinski definition) is 2. The molecule has 2 N–H and O–H groups in total. The smallest absolute Gasteiger partial charge is 0.146 e. The van der Waals surface area contributed by atoms with E-state index in [-0.39, 0.29) is 0 Å². The third-order valence-corrected chi connectivity index (χ3v) is 3.07. The van der Waals surface area contributed by atoms with Crippen LogP contribution >= 0.6 is 0 Å². The van der Waals surface area contributed by atoms with E-state index in [1.807, 2.05) is 12.1 Å². The normalized spacial score (nSPS) is 10.2. The van der Waals surface area contributed by atoms with E-state index in [0.717, 1.165) is 43.3 Å². The molecule has 0 saturated carbocycles. The lowest BCUT2D eigenvalue weighted by Crippen LogP contribution is -2.09. The predicted octanol–water partition coefficient (Wildman–Crippen LogP) is 2.96. The Morgan fingerprint density at radius 1 is 1.00 bits per heavy atom. The van der Waals surface area contributed by atoms with Gasteiger partial charge >= 0.3 is 0 Å². The molecule has 2 rings (SSSR count). The Morgan fingerprint density at radius 3 is 2.29 bits per heavy atom. The highest BCUT2D eigenvalue weighted by Crippen LogP contribution is 2.12. The zero-order chi connectivity index (χ0) is 14.9. The summed E-state index contributed by atoms with van der Waals surface area (Å²) in [7, 11) is 1.68. The Morgan fingerprint density at radius 2 is 1.67 bits per heavy atom. The van der Waals surface area contributed by atoms with E-state index >= 15 is 0 Å². The molecule has 1 aromatic carbocycles. The van der Waals surface area contributed by atoms with Crippen LogP contribution in [0.25, 0.3) is 0 Å². The maximum atomic E-state index is 5.15. The lowest BCUT2D eigenvalue weighted by Gasteiger charge is -2.08. The van der Waals surface area contributed by atoms with E-state index in [1.54, 1.807) is 19.5 Å². The van der Waals surface area contributed by atoms with Crippen LogP contribution < -0.4 is 15.4 Å². The van der Waals surface area contributed by atoms with Gasteiger partial charge in [0, 0.05) is 13.1 Å². The number of rotatable bonds is 8. The number of benzene rings is 1. The van der Waals surface area contributed by atoms with Crippen molar-refractivity contribution in [2.75, 3.05) is 30.8 Å². The first-order valence-electron chi connectivity index (χ1n) is 7.24. The number of ether oxygens (including phenoxy) is 1. The second kappa shape index (κ2) is 8.09. The van der Waals surface area contributed by atoms with E-state index in [4.69, 9.17) is 4.74 Å². The van der Waals surface area contributed by atoms with E-state index < -0.39 is 0 Å². The summed E-state index contributed by atoms with van der Waals surface area (Å²) in [6, 6.07) is 8.10. The van der Waals surface area contributed by atoms with Crippen molar-refractivity contribution in [1.29, 1.82) is 0 Å². The molecule has 2 aromatic rings. The van der Waals surface area contributed by atoms with Crippen LogP contribution in [0.5, 0.6) is 5.75 Å². The molecule has 1 aromatic heterocycles. The van der Waals surface area contributed by atoms with Gasteiger partial charge in [-0.15, -0.1) is 0 Å². The van der Waals surface area contributed by atoms with Crippen LogP contribution in [0.1, 0.15) is 18.9 Å². The molecule has 0 unspecified atom stereocenters. The van der Waals surface area contributed by atoms with Crippen LogP contribution in [0.3, 0.4) is 0 Å². The van der Waals surface area contributed by atoms with Crippen molar-refractivity contribution in [3.8, 4) is 5.75 Å². The monoisotopic (exact) mass is 286 g/mol. The minimum Gasteiger partial charge on any atom is -0.497 e. The third kappa shape index (κ3) is 4.95. The van der Waals surface area contributed by atoms with Crippen molar-refractivity contribution in [3.05, 3.63) is 42.2 Å². The molecule has 0 radical (unpaired) electrons. The fourth-order valence-electron chi connectivity index (χ4n) is 1.92. The van der Waals surface area contributed by atoms with Crippen molar-refractivity contribution >= 4 is 11.6 Å². The Kier molecular flexibility index (Phi) is 5.82. The fraction of sp³-hybridized carbons (Fsp3) is 0.375. The van der Waals surface area contributed by atoms with Gasteiger partial charge in [-0.25, -0.2) is 4.98 Å². The number of nitrogens with zero attached hydrogens (tertiary/aromatic N) is 2. The van der Waals surface area contributed by atoms with Crippen molar-refractivity contribution in [2.24, 2.45) is 0 Å². The first kappa shape index (κ1) is 15.1. The third-order valence-electron chi connectivity index (χ3n) is 3.07. The number of hydrogen-bond acceptors (Lipinski definition) is 5. The topological polar surface area (TPSA) is 59.1 Å². The average molecular weight is 286 g/mol. The maximum absolute atomic E-state index is 5.15. The Hall–Kier alpha value is -2.30. The van der Waals surface area contributed by atoms with Gasteiger partial charge in [0.25, 0.3) is 0 Å². The average Bonchev–Trinajstić information content (AvgIpc) is 2.54. The quantitative estimate of drug-likeness (QED) is 0.781. The van der Waals surface area contributed by atoms with Gasteiger partial charge in [0.15, 0.2) is 0 Å². The van der Waals surface area contributed by atoms with Gasteiger partial charge in [0.05, 0.1) is 19.5 Å². The number of anilines is 2. The van der Waals surface area contributed by atoms with Crippen molar-refractivity contribution < 1.29 is 4.74 Å². The van der Waals surface area contributed by atoms with Crippen molar-refractivity contribution in [3.63, 3.8) is 0 Å². The predicted molar refractivity (Wildman–Crippen MR) is 86.0 cm³/mol. The van der Waals surface area contributed by atoms with Crippen LogP contribution in [0, 0.1) is 0 Å². The maximum Gasteiger partial charge on any atom is 0.146 e. The highest BCUT2D eigenvalue weighted by Gasteiger charge is 1.99. The van der Waals surface area contributed by atoms with Crippen LogP contribution in [0.2, 0.25) is 0 Å². The lowest BCUT2D eigenvalue weighted by molar-refractivity contribution is 0.414. The molecule has 1 heterocycles. The molecule has 0 bridgehead atoms. The summed E-state index contributed by atoms with van der Waals surface area (Å²) in [5, 5.41) is 6.52. The zero-order valence-electron chi connectivity index (χ0n) is 12.6. The lowest BCUT2D eigenvalue weighted by atomic mass is 10.1. The molecule has 0 aliphatic rings. The van der Waals surface area contributed by atoms with Crippen LogP contribution in [-0.2, 0) is 6.42 Å². The van der Waals surface area contributed by atoms with E-state index in [1.165, 1.54) is 5.56 Å². The number of nitrogens with one attached hydrogen (secondary N) is 2. The van der Waals surface area contributed by atoms with E-state index in [9.17, 15) is 0 Å². The molecule has 0 atom stereocenters. The largest absolute Gasteiger partial charge is 0.497 e. The second-order valence-corrected chi connectivity index (χ2v) is 4.74. The fourth-order valence-corrected chi connectivity index (χ4v) is 1.92. The van der Waals surface area contributed by atoms with Gasteiger partial charge in [-0.2, -0.15) is 0 Å². The van der Waals surface area contributed by atoms with Gasteiger partial charge < -0.3 is 15.4 Å². The minimum atomic E-state index is 0.796. The first-order valence-corrected chi connectivity index (χ1v) is 7.24. The zero-order valence-corrected chi connectivity index (χ0v) is 12.6. The Balaban J connectivity index is 1.82. The molecule has 0 aliphatic heterocycles. The first-order chi connectivity index (χ1) is 10.3. The van der Waals surface area contributed by atoms with Gasteiger partial charge in [-0.05, 0) is 30.5 Å². The summed E-state index contributed by atoms with van der Waals surface area (Å²) in [5.74, 6) is 2.49. The molecule has 21 heavy (non-hydrogen) atoms. The van der Waals surface area contributed by atoms with Crippen LogP contribution in [0.4, 0.5) is 11.6 Å². The van der Waals surface area contributed by atoms with Crippen molar-refractivity contribution in [2.45, 2.75) is 19.8 Å². The number of methoxy groups -OCH3 is 1. The summed E-state index contributed by atoms with van der Waals surface area (Å²) < 4.78 is 5.15. The molecular formula is C16H22N4O. The summed E-state index contributed by atoms with van der Waals surface area (Å²) >= 11 is 0. The van der Waals surface area contributed by atoms with Gasteiger partial charge in [0.2, 0.25) is 0 Å². The molecule has 0 spiro atoms. The Labute approximate surface area is 125 Å². The van der Waals surface area contributed by atoms with Crippen molar-refractivity contribution in [1.82, 2.24) is 9.97 Å². The molecular weight excluding hydrogens is 264 g/mol. The minimum absolute atomic E-state index is 0.796. The SMILES string of the molecule is CCCNc1cncc(NCCc2ccc(OC)cc2)n1. The van der Waals surface area contributed by atoms with Gasteiger partial charge in [-0.1, -0.05) is 19.1 Å². The van der Waals surface area contributed by atoms with Crippen LogP contribution in [0.15, 0.2) is 36.7 Å². The molecule has 0 saturated heterocycles. The standard InChI is InChI=1S/C16H22N4O/c1-3-9-18-15-11-17-12-16(20-15)19-10-8-13-4-6-14(21-2)7-5-13/h4-7,11-12H,3,8-10H2,1-2H3,(H2,18,19,20). The summed E-state index contributed by atoms with van der Waals surface area (Å²) in [6.07, 6.45) is 5.48. The van der Waals surface area contributed by atoms with Gasteiger partial charge in [0.1, 0.15) is 17.4 Å². The Bertz CT molecular complexity index is 542. The molecule has 112 valence electrons. The van der Waals surface area contributed by atoms with E-state index in [0.29, 0.717) is 0 Å².